The van der Waals surface area contributed by atoms with Gasteiger partial charge in [-0.3, -0.25) is 0 Å². The van der Waals surface area contributed by atoms with Crippen LogP contribution in [-0.4, -0.2) is 26.3 Å². The monoisotopic (exact) mass is 361 g/mol. The summed E-state index contributed by atoms with van der Waals surface area (Å²) in [6, 6.07) is 8.61. The van der Waals surface area contributed by atoms with E-state index in [9.17, 15) is 21.6 Å². The molecule has 0 saturated carbocycles. The second-order valence-electron chi connectivity index (χ2n) is 4.79. The topological polar surface area (TPSA) is 94.3 Å². The van der Waals surface area contributed by atoms with E-state index in [1.165, 1.54) is 18.2 Å². The second kappa shape index (κ2) is 7.05. The molecule has 0 amide bonds. The third kappa shape index (κ3) is 5.70. The van der Waals surface area contributed by atoms with Gasteiger partial charge in [-0.15, -0.1) is 13.2 Å². The van der Waals surface area contributed by atoms with Gasteiger partial charge >= 0.3 is 6.36 Å². The summed E-state index contributed by atoms with van der Waals surface area (Å²) in [5.41, 5.74) is 0.868. The lowest BCUT2D eigenvalue weighted by Crippen LogP contribution is -2.17. The van der Waals surface area contributed by atoms with Crippen molar-refractivity contribution >= 4 is 15.8 Å². The number of alkyl halides is 3. The number of hydrogen-bond donors (Lipinski definition) is 2. The van der Waals surface area contributed by atoms with Crippen molar-refractivity contribution in [3.05, 3.63) is 48.2 Å². The lowest BCUT2D eigenvalue weighted by Gasteiger charge is -2.10. The number of nitrogens with two attached hydrogens (primary N) is 1. The molecular formula is C14H14F3N3O3S. The average Bonchev–Trinajstić information content (AvgIpc) is 2.47. The summed E-state index contributed by atoms with van der Waals surface area (Å²) in [5, 5.41) is 7.94. The zero-order chi connectivity index (χ0) is 17.8. The van der Waals surface area contributed by atoms with Gasteiger partial charge in [0, 0.05) is 6.54 Å². The van der Waals surface area contributed by atoms with Gasteiger partial charge in [0.1, 0.15) is 11.6 Å². The first-order valence-corrected chi connectivity index (χ1v) is 8.25. The predicted molar refractivity (Wildman–Crippen MR) is 80.9 cm³/mol. The van der Waals surface area contributed by atoms with E-state index in [1.54, 1.807) is 12.1 Å². The largest absolute Gasteiger partial charge is 0.573 e. The highest BCUT2D eigenvalue weighted by Gasteiger charge is 2.31. The molecule has 0 spiro atoms. The van der Waals surface area contributed by atoms with Crippen LogP contribution in [0.1, 0.15) is 5.56 Å². The van der Waals surface area contributed by atoms with Crippen LogP contribution >= 0.6 is 0 Å². The zero-order valence-corrected chi connectivity index (χ0v) is 13.1. The van der Waals surface area contributed by atoms with E-state index in [0.717, 1.165) is 17.8 Å². The van der Waals surface area contributed by atoms with Crippen LogP contribution in [0.5, 0.6) is 5.75 Å². The SMILES string of the molecule is NS(=O)(=O)c1ccc(CCNc2ccc(OC(F)(F)F)cn2)cc1. The summed E-state index contributed by atoms with van der Waals surface area (Å²) >= 11 is 0. The molecule has 10 heteroatoms. The van der Waals surface area contributed by atoms with Crippen molar-refractivity contribution in [1.29, 1.82) is 0 Å². The first-order chi connectivity index (χ1) is 11.1. The van der Waals surface area contributed by atoms with Gasteiger partial charge in [0.2, 0.25) is 10.0 Å². The van der Waals surface area contributed by atoms with E-state index < -0.39 is 22.1 Å². The van der Waals surface area contributed by atoms with Crippen LogP contribution in [-0.2, 0) is 16.4 Å². The molecule has 0 aliphatic carbocycles. The van der Waals surface area contributed by atoms with Crippen LogP contribution in [0.4, 0.5) is 19.0 Å². The van der Waals surface area contributed by atoms with E-state index in [4.69, 9.17) is 5.14 Å². The van der Waals surface area contributed by atoms with Gasteiger partial charge in [-0.2, -0.15) is 0 Å². The molecule has 0 aliphatic heterocycles. The number of halogens is 3. The molecule has 2 aromatic rings. The Kier molecular flexibility index (Phi) is 5.30. The third-order valence-electron chi connectivity index (χ3n) is 2.94. The molecular weight excluding hydrogens is 347 g/mol. The summed E-state index contributed by atoms with van der Waals surface area (Å²) in [6.07, 6.45) is -3.22. The molecule has 0 aliphatic rings. The van der Waals surface area contributed by atoms with E-state index in [2.05, 4.69) is 15.0 Å². The molecule has 0 bridgehead atoms. The fourth-order valence-corrected chi connectivity index (χ4v) is 2.38. The maximum Gasteiger partial charge on any atom is 0.573 e. The Morgan fingerprint density at radius 1 is 1.12 bits per heavy atom. The number of benzene rings is 1. The second-order valence-corrected chi connectivity index (χ2v) is 6.35. The molecule has 3 N–H and O–H groups in total. The highest BCUT2D eigenvalue weighted by Crippen LogP contribution is 2.22. The number of primary sulfonamides is 1. The number of nitrogens with zero attached hydrogens (tertiary/aromatic N) is 1. The van der Waals surface area contributed by atoms with Crippen LogP contribution in [0, 0.1) is 0 Å². The van der Waals surface area contributed by atoms with Crippen LogP contribution in [0.2, 0.25) is 0 Å². The van der Waals surface area contributed by atoms with Gasteiger partial charge in [-0.1, -0.05) is 12.1 Å². The third-order valence-corrected chi connectivity index (χ3v) is 3.87. The maximum atomic E-state index is 12.0. The molecule has 0 unspecified atom stereocenters. The Labute approximate surface area is 136 Å². The molecule has 0 saturated heterocycles. The Balaban J connectivity index is 1.86. The highest BCUT2D eigenvalue weighted by molar-refractivity contribution is 7.89. The van der Waals surface area contributed by atoms with Crippen LogP contribution in [0.15, 0.2) is 47.5 Å². The number of ether oxygens (including phenoxy) is 1. The van der Waals surface area contributed by atoms with Crippen molar-refractivity contribution in [1.82, 2.24) is 4.98 Å². The fourth-order valence-electron chi connectivity index (χ4n) is 1.86. The Morgan fingerprint density at radius 2 is 1.79 bits per heavy atom. The molecule has 0 fully saturated rings. The number of rotatable bonds is 6. The van der Waals surface area contributed by atoms with Crippen molar-refractivity contribution in [2.45, 2.75) is 17.7 Å². The first kappa shape index (κ1) is 18.0. The summed E-state index contributed by atoms with van der Waals surface area (Å²) in [7, 11) is -3.72. The predicted octanol–water partition coefficient (Wildman–Crippen LogP) is 2.28. The van der Waals surface area contributed by atoms with Gasteiger partial charge in [-0.25, -0.2) is 18.5 Å². The van der Waals surface area contributed by atoms with Crippen LogP contribution in [0.3, 0.4) is 0 Å². The van der Waals surface area contributed by atoms with E-state index in [1.807, 2.05) is 0 Å². The molecule has 130 valence electrons. The number of nitrogens with one attached hydrogen (secondary N) is 1. The first-order valence-electron chi connectivity index (χ1n) is 6.71. The zero-order valence-electron chi connectivity index (χ0n) is 12.2. The van der Waals surface area contributed by atoms with Gasteiger partial charge < -0.3 is 10.1 Å². The highest BCUT2D eigenvalue weighted by atomic mass is 32.2. The van der Waals surface area contributed by atoms with E-state index in [-0.39, 0.29) is 4.90 Å². The van der Waals surface area contributed by atoms with Crippen LogP contribution in [0.25, 0.3) is 0 Å². The summed E-state index contributed by atoms with van der Waals surface area (Å²) in [5.74, 6) is -0.00249. The minimum Gasteiger partial charge on any atom is -0.404 e. The summed E-state index contributed by atoms with van der Waals surface area (Å²) in [4.78, 5) is 3.84. The molecule has 24 heavy (non-hydrogen) atoms. The van der Waals surface area contributed by atoms with Crippen molar-refractivity contribution in [2.24, 2.45) is 5.14 Å². The summed E-state index contributed by atoms with van der Waals surface area (Å²) in [6.45, 7) is 0.460. The number of sulfonamides is 1. The molecule has 1 aromatic heterocycles. The Morgan fingerprint density at radius 3 is 2.29 bits per heavy atom. The van der Waals surface area contributed by atoms with E-state index in [0.29, 0.717) is 18.8 Å². The smallest absolute Gasteiger partial charge is 0.404 e. The van der Waals surface area contributed by atoms with Crippen LogP contribution < -0.4 is 15.2 Å². The van der Waals surface area contributed by atoms with Gasteiger partial charge in [0.25, 0.3) is 0 Å². The fraction of sp³-hybridized carbons (Fsp3) is 0.214. The molecule has 0 radical (unpaired) electrons. The van der Waals surface area contributed by atoms with Gasteiger partial charge in [0.15, 0.2) is 0 Å². The quantitative estimate of drug-likeness (QED) is 0.823. The lowest BCUT2D eigenvalue weighted by atomic mass is 10.1. The number of anilines is 1. The van der Waals surface area contributed by atoms with Crippen molar-refractivity contribution in [2.75, 3.05) is 11.9 Å². The molecule has 2 rings (SSSR count). The van der Waals surface area contributed by atoms with Crippen molar-refractivity contribution in [3.8, 4) is 5.75 Å². The van der Waals surface area contributed by atoms with Gasteiger partial charge in [-0.05, 0) is 36.2 Å². The standard InChI is InChI=1S/C14H14F3N3O3S/c15-14(16,17)23-11-3-6-13(20-9-11)19-8-7-10-1-4-12(5-2-10)24(18,21)22/h1-6,9H,7-8H2,(H,19,20)(H2,18,21,22). The maximum absolute atomic E-state index is 12.0. The summed E-state index contributed by atoms with van der Waals surface area (Å²) < 4.78 is 62.1. The molecule has 1 aromatic carbocycles. The Hall–Kier alpha value is -2.33. The van der Waals surface area contributed by atoms with Crippen molar-refractivity contribution < 1.29 is 26.3 Å². The Bertz CT molecular complexity index is 776. The van der Waals surface area contributed by atoms with Gasteiger partial charge in [0.05, 0.1) is 11.1 Å². The minimum atomic E-state index is -4.75. The average molecular weight is 361 g/mol. The molecule has 0 atom stereocenters. The number of aromatic nitrogens is 1. The normalized spacial score (nSPS) is 12.0. The number of hydrogen-bond acceptors (Lipinski definition) is 5. The number of pyridine rings is 1. The van der Waals surface area contributed by atoms with Crippen molar-refractivity contribution in [3.63, 3.8) is 0 Å². The lowest BCUT2D eigenvalue weighted by molar-refractivity contribution is -0.274. The minimum absolute atomic E-state index is 0.0288. The van der Waals surface area contributed by atoms with E-state index >= 15 is 0 Å². The molecule has 6 nitrogen and oxygen atoms in total. The molecule has 1 heterocycles.